The summed E-state index contributed by atoms with van der Waals surface area (Å²) in [6.07, 6.45) is 0.363. The normalized spacial score (nSPS) is 13.1. The lowest BCUT2D eigenvalue weighted by Gasteiger charge is -2.33. The maximum atomic E-state index is 14.1. The molecule has 6 nitrogen and oxygen atoms in total. The molecule has 1 atom stereocenters. The average molecular weight is 506 g/mol. The van der Waals surface area contributed by atoms with E-state index in [9.17, 15) is 14.4 Å². The molecule has 0 spiro atoms. The molecule has 6 heteroatoms. The van der Waals surface area contributed by atoms with Crippen LogP contribution in [0, 0.1) is 0 Å². The zero-order valence-corrected chi connectivity index (χ0v) is 21.6. The van der Waals surface area contributed by atoms with E-state index in [0.29, 0.717) is 12.0 Å². The fourth-order valence-electron chi connectivity index (χ4n) is 5.08. The summed E-state index contributed by atoms with van der Waals surface area (Å²) >= 11 is 0. The third-order valence-electron chi connectivity index (χ3n) is 6.84. The van der Waals surface area contributed by atoms with Crippen molar-refractivity contribution in [2.75, 3.05) is 11.4 Å². The summed E-state index contributed by atoms with van der Waals surface area (Å²) < 4.78 is 0. The van der Waals surface area contributed by atoms with Gasteiger partial charge >= 0.3 is 0 Å². The lowest BCUT2D eigenvalue weighted by molar-refractivity contribution is -0.140. The number of carbonyl (C=O) groups is 3. The van der Waals surface area contributed by atoms with Gasteiger partial charge in [0.05, 0.1) is 5.69 Å². The van der Waals surface area contributed by atoms with Gasteiger partial charge in [0, 0.05) is 30.0 Å². The first-order valence-electron chi connectivity index (χ1n) is 12.9. The molecule has 1 aliphatic heterocycles. The van der Waals surface area contributed by atoms with E-state index in [1.807, 2.05) is 105 Å². The lowest BCUT2D eigenvalue weighted by atomic mass is 10.0. The summed E-state index contributed by atoms with van der Waals surface area (Å²) in [4.78, 5) is 44.2. The minimum absolute atomic E-state index is 0.0817. The van der Waals surface area contributed by atoms with Gasteiger partial charge in [-0.25, -0.2) is 0 Å². The van der Waals surface area contributed by atoms with Crippen LogP contribution in [0.2, 0.25) is 0 Å². The molecule has 1 aliphatic rings. The van der Waals surface area contributed by atoms with Crippen molar-refractivity contribution in [3.05, 3.63) is 114 Å². The summed E-state index contributed by atoms with van der Waals surface area (Å²) in [5.74, 6) is -0.700. The molecule has 0 aliphatic carbocycles. The standard InChI is InChI=1S/C32H31N3O3/c1-22(2)33-31(37)28(19-23-11-5-3-6-12-23)34(20-24-13-7-4-8-14-24)29(36)21-35-27-18-10-16-25-15-9-17-26(30(25)27)32(35)38/h3-18,22,28H,19-21H2,1-2H3,(H,33,37)/t28-/m0/s1. The third-order valence-corrected chi connectivity index (χ3v) is 6.84. The van der Waals surface area contributed by atoms with Gasteiger partial charge in [-0.05, 0) is 42.5 Å². The molecular formula is C32H31N3O3. The van der Waals surface area contributed by atoms with Gasteiger partial charge in [0.2, 0.25) is 11.8 Å². The van der Waals surface area contributed by atoms with Crippen LogP contribution < -0.4 is 10.2 Å². The molecular weight excluding hydrogens is 474 g/mol. The molecule has 4 aromatic carbocycles. The molecule has 0 unspecified atom stereocenters. The van der Waals surface area contributed by atoms with Crippen molar-refractivity contribution in [1.82, 2.24) is 10.2 Å². The van der Waals surface area contributed by atoms with E-state index in [2.05, 4.69) is 5.32 Å². The predicted octanol–water partition coefficient (Wildman–Crippen LogP) is 4.96. The van der Waals surface area contributed by atoms with Crippen molar-refractivity contribution in [2.24, 2.45) is 0 Å². The zero-order valence-electron chi connectivity index (χ0n) is 21.6. The highest BCUT2D eigenvalue weighted by Gasteiger charge is 2.35. The predicted molar refractivity (Wildman–Crippen MR) is 150 cm³/mol. The summed E-state index contributed by atoms with van der Waals surface area (Å²) in [5.41, 5.74) is 3.19. The molecule has 192 valence electrons. The van der Waals surface area contributed by atoms with Crippen molar-refractivity contribution in [3.8, 4) is 0 Å². The van der Waals surface area contributed by atoms with Crippen LogP contribution in [-0.4, -0.2) is 41.2 Å². The van der Waals surface area contributed by atoms with Crippen LogP contribution in [0.15, 0.2) is 97.1 Å². The van der Waals surface area contributed by atoms with Gasteiger partial charge < -0.3 is 10.2 Å². The van der Waals surface area contributed by atoms with Gasteiger partial charge in [-0.1, -0.05) is 84.9 Å². The van der Waals surface area contributed by atoms with Crippen LogP contribution in [0.25, 0.3) is 10.8 Å². The molecule has 0 bridgehead atoms. The molecule has 0 radical (unpaired) electrons. The first kappa shape index (κ1) is 25.2. The number of amides is 3. The lowest BCUT2D eigenvalue weighted by Crippen LogP contribution is -2.54. The molecule has 0 saturated heterocycles. The molecule has 1 heterocycles. The Morgan fingerprint density at radius 3 is 2.11 bits per heavy atom. The van der Waals surface area contributed by atoms with Crippen molar-refractivity contribution >= 4 is 34.2 Å². The summed E-state index contributed by atoms with van der Waals surface area (Å²) in [6, 6.07) is 29.9. The number of benzene rings is 4. The number of hydrogen-bond acceptors (Lipinski definition) is 3. The highest BCUT2D eigenvalue weighted by Crippen LogP contribution is 2.37. The number of anilines is 1. The monoisotopic (exact) mass is 505 g/mol. The first-order valence-corrected chi connectivity index (χ1v) is 12.9. The highest BCUT2D eigenvalue weighted by atomic mass is 16.2. The molecule has 38 heavy (non-hydrogen) atoms. The van der Waals surface area contributed by atoms with Crippen LogP contribution >= 0.6 is 0 Å². The maximum absolute atomic E-state index is 14.1. The Bertz CT molecular complexity index is 1460. The van der Waals surface area contributed by atoms with Crippen LogP contribution in [0.3, 0.4) is 0 Å². The van der Waals surface area contributed by atoms with E-state index >= 15 is 0 Å². The summed E-state index contributed by atoms with van der Waals surface area (Å²) in [7, 11) is 0. The topological polar surface area (TPSA) is 69.7 Å². The Morgan fingerprint density at radius 2 is 1.45 bits per heavy atom. The van der Waals surface area contributed by atoms with Gasteiger partial charge in [0.1, 0.15) is 12.6 Å². The molecule has 3 amide bonds. The molecule has 0 aromatic heterocycles. The number of nitrogens with one attached hydrogen (secondary N) is 1. The van der Waals surface area contributed by atoms with E-state index in [1.54, 1.807) is 11.0 Å². The first-order chi connectivity index (χ1) is 18.4. The number of carbonyl (C=O) groups excluding carboxylic acids is 3. The fourth-order valence-corrected chi connectivity index (χ4v) is 5.08. The van der Waals surface area contributed by atoms with Crippen LogP contribution in [0.1, 0.15) is 35.3 Å². The minimum atomic E-state index is -0.747. The smallest absolute Gasteiger partial charge is 0.259 e. The van der Waals surface area contributed by atoms with E-state index in [1.165, 1.54) is 4.90 Å². The van der Waals surface area contributed by atoms with Gasteiger partial charge in [0.15, 0.2) is 0 Å². The number of hydrogen-bond donors (Lipinski definition) is 1. The minimum Gasteiger partial charge on any atom is -0.352 e. The van der Waals surface area contributed by atoms with Crippen molar-refractivity contribution < 1.29 is 14.4 Å². The third kappa shape index (κ3) is 5.16. The SMILES string of the molecule is CC(C)NC(=O)[C@H](Cc1ccccc1)N(Cc1ccccc1)C(=O)CN1C(=O)c2cccc3cccc1c23. The summed E-state index contributed by atoms with van der Waals surface area (Å²) in [6.45, 7) is 3.91. The van der Waals surface area contributed by atoms with Gasteiger partial charge in [-0.2, -0.15) is 0 Å². The van der Waals surface area contributed by atoms with Crippen LogP contribution in [0.5, 0.6) is 0 Å². The van der Waals surface area contributed by atoms with E-state index < -0.39 is 6.04 Å². The van der Waals surface area contributed by atoms with E-state index in [-0.39, 0.29) is 36.9 Å². The maximum Gasteiger partial charge on any atom is 0.259 e. The Morgan fingerprint density at radius 1 is 0.816 bits per heavy atom. The average Bonchev–Trinajstić information content (AvgIpc) is 3.19. The highest BCUT2D eigenvalue weighted by molar-refractivity contribution is 6.26. The molecule has 1 N–H and O–H groups in total. The Balaban J connectivity index is 1.50. The largest absolute Gasteiger partial charge is 0.352 e. The van der Waals surface area contributed by atoms with Crippen molar-refractivity contribution in [1.29, 1.82) is 0 Å². The Labute approximate surface area is 222 Å². The number of rotatable bonds is 9. The second-order valence-electron chi connectivity index (χ2n) is 9.95. The van der Waals surface area contributed by atoms with E-state index in [0.717, 1.165) is 27.6 Å². The Kier molecular flexibility index (Phi) is 7.22. The van der Waals surface area contributed by atoms with Crippen molar-refractivity contribution in [2.45, 2.75) is 38.9 Å². The van der Waals surface area contributed by atoms with Gasteiger partial charge in [-0.15, -0.1) is 0 Å². The Hall–Kier alpha value is -4.45. The van der Waals surface area contributed by atoms with Crippen LogP contribution in [0.4, 0.5) is 5.69 Å². The molecule has 5 rings (SSSR count). The summed E-state index contributed by atoms with van der Waals surface area (Å²) in [5, 5.41) is 4.83. The molecule has 0 saturated carbocycles. The van der Waals surface area contributed by atoms with Gasteiger partial charge in [0.25, 0.3) is 5.91 Å². The number of nitrogens with zero attached hydrogens (tertiary/aromatic N) is 2. The second kappa shape index (κ2) is 10.9. The fraction of sp³-hybridized carbons (Fsp3) is 0.219. The van der Waals surface area contributed by atoms with E-state index in [4.69, 9.17) is 0 Å². The van der Waals surface area contributed by atoms with Gasteiger partial charge in [-0.3, -0.25) is 19.3 Å². The quantitative estimate of drug-likeness (QED) is 0.349. The van der Waals surface area contributed by atoms with Crippen LogP contribution in [-0.2, 0) is 22.6 Å². The van der Waals surface area contributed by atoms with Crippen molar-refractivity contribution in [3.63, 3.8) is 0 Å². The molecule has 0 fully saturated rings. The molecule has 4 aromatic rings. The second-order valence-corrected chi connectivity index (χ2v) is 9.95. The zero-order chi connectivity index (χ0) is 26.6.